The highest BCUT2D eigenvalue weighted by Crippen LogP contribution is 2.15. The van der Waals surface area contributed by atoms with Crippen molar-refractivity contribution in [3.63, 3.8) is 0 Å². The van der Waals surface area contributed by atoms with Gasteiger partial charge in [-0.2, -0.15) is 5.26 Å². The Morgan fingerprint density at radius 2 is 1.75 bits per heavy atom. The summed E-state index contributed by atoms with van der Waals surface area (Å²) in [6, 6.07) is 17.8. The summed E-state index contributed by atoms with van der Waals surface area (Å²) in [6.07, 6.45) is 2.93. The molecule has 0 radical (unpaired) electrons. The van der Waals surface area contributed by atoms with Crippen molar-refractivity contribution >= 4 is 17.9 Å². The number of nitrogens with one attached hydrogen (secondary N) is 2. The van der Waals surface area contributed by atoms with E-state index in [1.165, 1.54) is 6.08 Å². The molecule has 0 saturated carbocycles. The third-order valence-corrected chi connectivity index (χ3v) is 2.92. The van der Waals surface area contributed by atoms with Gasteiger partial charge < -0.3 is 4.74 Å². The maximum atomic E-state index is 11.6. The minimum atomic E-state index is -0.538. The normalized spacial score (nSPS) is 9.96. The molecule has 0 spiro atoms. The van der Waals surface area contributed by atoms with E-state index in [1.807, 2.05) is 36.4 Å². The van der Waals surface area contributed by atoms with Gasteiger partial charge in [-0.15, -0.1) is 0 Å². The zero-order valence-corrected chi connectivity index (χ0v) is 12.7. The van der Waals surface area contributed by atoms with Crippen LogP contribution in [0.3, 0.4) is 0 Å². The molecule has 0 atom stereocenters. The van der Waals surface area contributed by atoms with Gasteiger partial charge in [-0.05, 0) is 23.8 Å². The molecule has 0 aliphatic rings. The van der Waals surface area contributed by atoms with Crippen LogP contribution >= 0.6 is 0 Å². The van der Waals surface area contributed by atoms with E-state index in [9.17, 15) is 9.59 Å². The summed E-state index contributed by atoms with van der Waals surface area (Å²) in [4.78, 5) is 23.2. The molecule has 0 fully saturated rings. The van der Waals surface area contributed by atoms with Crippen molar-refractivity contribution in [2.24, 2.45) is 0 Å². The summed E-state index contributed by atoms with van der Waals surface area (Å²) in [5.41, 5.74) is 5.68. The maximum Gasteiger partial charge on any atom is 0.276 e. The summed E-state index contributed by atoms with van der Waals surface area (Å²) in [7, 11) is 0. The molecule has 2 rings (SSSR count). The number of hydrogen-bond acceptors (Lipinski definition) is 4. The number of benzene rings is 2. The maximum absolute atomic E-state index is 11.6. The zero-order chi connectivity index (χ0) is 17.2. The van der Waals surface area contributed by atoms with Crippen LogP contribution in [0.5, 0.6) is 5.75 Å². The van der Waals surface area contributed by atoms with Gasteiger partial charge in [-0.1, -0.05) is 42.5 Å². The Morgan fingerprint density at radius 1 is 1.04 bits per heavy atom. The molecule has 0 bridgehead atoms. The molecule has 6 heteroatoms. The summed E-state index contributed by atoms with van der Waals surface area (Å²) in [5, 5.41) is 8.92. The lowest BCUT2D eigenvalue weighted by Gasteiger charge is -2.08. The first kappa shape index (κ1) is 16.8. The van der Waals surface area contributed by atoms with Crippen LogP contribution in [0.4, 0.5) is 0 Å². The highest BCUT2D eigenvalue weighted by Gasteiger charge is 2.06. The third kappa shape index (κ3) is 5.31. The quantitative estimate of drug-likeness (QED) is 0.649. The zero-order valence-electron chi connectivity index (χ0n) is 12.7. The van der Waals surface area contributed by atoms with Crippen molar-refractivity contribution in [2.45, 2.75) is 0 Å². The minimum Gasteiger partial charge on any atom is -0.482 e. The van der Waals surface area contributed by atoms with Gasteiger partial charge in [0, 0.05) is 6.08 Å². The van der Waals surface area contributed by atoms with Crippen LogP contribution in [0.1, 0.15) is 11.1 Å². The fourth-order valence-electron chi connectivity index (χ4n) is 1.77. The lowest BCUT2D eigenvalue weighted by molar-refractivity contribution is -0.128. The van der Waals surface area contributed by atoms with Gasteiger partial charge >= 0.3 is 0 Å². The van der Waals surface area contributed by atoms with E-state index in [-0.39, 0.29) is 6.61 Å². The Labute approximate surface area is 139 Å². The number of rotatable bonds is 5. The van der Waals surface area contributed by atoms with Crippen molar-refractivity contribution < 1.29 is 14.3 Å². The summed E-state index contributed by atoms with van der Waals surface area (Å²) < 4.78 is 5.25. The lowest BCUT2D eigenvalue weighted by atomic mass is 10.2. The Kier molecular flexibility index (Phi) is 6.12. The number of ether oxygens (including phenoxy) is 1. The fourth-order valence-corrected chi connectivity index (χ4v) is 1.77. The molecule has 0 unspecified atom stereocenters. The van der Waals surface area contributed by atoms with Crippen molar-refractivity contribution in [3.8, 4) is 11.8 Å². The molecule has 0 aliphatic heterocycles. The fraction of sp³-hybridized carbons (Fsp3) is 0.0556. The Morgan fingerprint density at radius 3 is 2.50 bits per heavy atom. The van der Waals surface area contributed by atoms with Gasteiger partial charge in [0.15, 0.2) is 6.61 Å². The molecular weight excluding hydrogens is 306 g/mol. The van der Waals surface area contributed by atoms with Crippen LogP contribution in [0.15, 0.2) is 60.7 Å². The molecule has 0 heterocycles. The summed E-state index contributed by atoms with van der Waals surface area (Å²) >= 11 is 0. The van der Waals surface area contributed by atoms with Crippen LogP contribution < -0.4 is 15.6 Å². The Bertz CT molecular complexity index is 780. The van der Waals surface area contributed by atoms with Crippen molar-refractivity contribution in [2.75, 3.05) is 6.61 Å². The number of nitriles is 1. The van der Waals surface area contributed by atoms with E-state index in [2.05, 4.69) is 10.9 Å². The average molecular weight is 321 g/mol. The van der Waals surface area contributed by atoms with Crippen LogP contribution in [-0.4, -0.2) is 18.4 Å². The first-order valence-electron chi connectivity index (χ1n) is 7.13. The largest absolute Gasteiger partial charge is 0.482 e. The predicted molar refractivity (Wildman–Crippen MR) is 88.4 cm³/mol. The van der Waals surface area contributed by atoms with E-state index in [0.717, 1.165) is 5.56 Å². The van der Waals surface area contributed by atoms with E-state index < -0.39 is 11.8 Å². The number of nitrogens with zero attached hydrogens (tertiary/aromatic N) is 1. The molecule has 0 aromatic heterocycles. The van der Waals surface area contributed by atoms with Crippen LogP contribution in [0.25, 0.3) is 6.08 Å². The van der Waals surface area contributed by atoms with E-state index in [0.29, 0.717) is 11.3 Å². The van der Waals surface area contributed by atoms with Gasteiger partial charge in [0.25, 0.3) is 11.8 Å². The SMILES string of the molecule is N#Cc1ccccc1OCC(=O)NNC(=O)/C=C/c1ccccc1. The van der Waals surface area contributed by atoms with E-state index >= 15 is 0 Å². The molecule has 2 amide bonds. The van der Waals surface area contributed by atoms with Gasteiger partial charge in [-0.25, -0.2) is 0 Å². The standard InChI is InChI=1S/C18H15N3O3/c19-12-15-8-4-5-9-16(15)24-13-18(23)21-20-17(22)11-10-14-6-2-1-3-7-14/h1-11H,13H2,(H,20,22)(H,21,23)/b11-10+. The highest BCUT2D eigenvalue weighted by atomic mass is 16.5. The lowest BCUT2D eigenvalue weighted by Crippen LogP contribution is -2.43. The van der Waals surface area contributed by atoms with Crippen molar-refractivity contribution in [1.29, 1.82) is 5.26 Å². The second kappa shape index (κ2) is 8.76. The summed E-state index contributed by atoms with van der Waals surface area (Å²) in [5.74, 6) is -0.695. The number of hydrogen-bond donors (Lipinski definition) is 2. The van der Waals surface area contributed by atoms with Gasteiger partial charge in [0.05, 0.1) is 5.56 Å². The number of amides is 2. The average Bonchev–Trinajstić information content (AvgIpc) is 2.64. The van der Waals surface area contributed by atoms with Gasteiger partial charge in [-0.3, -0.25) is 20.4 Å². The van der Waals surface area contributed by atoms with E-state index in [1.54, 1.807) is 30.3 Å². The predicted octanol–water partition coefficient (Wildman–Crippen LogP) is 1.80. The van der Waals surface area contributed by atoms with Gasteiger partial charge in [0.1, 0.15) is 11.8 Å². The number of para-hydroxylation sites is 1. The highest BCUT2D eigenvalue weighted by molar-refractivity contribution is 5.93. The van der Waals surface area contributed by atoms with Crippen LogP contribution in [0, 0.1) is 11.3 Å². The molecule has 6 nitrogen and oxygen atoms in total. The molecule has 2 N–H and O–H groups in total. The molecule has 0 aliphatic carbocycles. The monoisotopic (exact) mass is 321 g/mol. The number of hydrazine groups is 1. The van der Waals surface area contributed by atoms with Crippen molar-refractivity contribution in [3.05, 3.63) is 71.8 Å². The Balaban J connectivity index is 1.76. The van der Waals surface area contributed by atoms with Gasteiger partial charge in [0.2, 0.25) is 0 Å². The van der Waals surface area contributed by atoms with Crippen LogP contribution in [-0.2, 0) is 9.59 Å². The summed E-state index contributed by atoms with van der Waals surface area (Å²) in [6.45, 7) is -0.318. The molecular formula is C18H15N3O3. The number of carbonyl (C=O) groups is 2. The Hall–Kier alpha value is -3.59. The molecule has 2 aromatic carbocycles. The number of carbonyl (C=O) groups excluding carboxylic acids is 2. The van der Waals surface area contributed by atoms with Crippen molar-refractivity contribution in [1.82, 2.24) is 10.9 Å². The molecule has 24 heavy (non-hydrogen) atoms. The van der Waals surface area contributed by atoms with E-state index in [4.69, 9.17) is 10.00 Å². The topological polar surface area (TPSA) is 91.2 Å². The molecule has 0 saturated heterocycles. The third-order valence-electron chi connectivity index (χ3n) is 2.92. The smallest absolute Gasteiger partial charge is 0.276 e. The van der Waals surface area contributed by atoms with Crippen LogP contribution in [0.2, 0.25) is 0 Å². The molecule has 2 aromatic rings. The first-order chi connectivity index (χ1) is 11.7. The second-order valence-electron chi connectivity index (χ2n) is 4.68. The second-order valence-corrected chi connectivity index (χ2v) is 4.68. The molecule has 120 valence electrons. The minimum absolute atomic E-state index is 0.311. The first-order valence-corrected chi connectivity index (χ1v) is 7.13.